The van der Waals surface area contributed by atoms with Gasteiger partial charge in [0.2, 0.25) is 11.7 Å². The van der Waals surface area contributed by atoms with Gasteiger partial charge in [-0.2, -0.15) is 4.98 Å². The summed E-state index contributed by atoms with van der Waals surface area (Å²) in [4.78, 5) is 24.6. The molecule has 0 saturated carbocycles. The van der Waals surface area contributed by atoms with Crippen molar-refractivity contribution in [3.05, 3.63) is 67.4 Å². The third-order valence-corrected chi connectivity index (χ3v) is 3.60. The molecule has 1 amide bonds. The van der Waals surface area contributed by atoms with Crippen molar-refractivity contribution in [2.75, 3.05) is 5.32 Å². The highest BCUT2D eigenvalue weighted by molar-refractivity contribution is 5.90. The first kappa shape index (κ1) is 15.7. The summed E-state index contributed by atoms with van der Waals surface area (Å²) >= 11 is 0. The molecule has 0 bridgehead atoms. The van der Waals surface area contributed by atoms with Crippen LogP contribution >= 0.6 is 0 Å². The van der Waals surface area contributed by atoms with E-state index in [2.05, 4.69) is 25.4 Å². The Balaban J connectivity index is 1.45. The first-order valence-electron chi connectivity index (χ1n) is 7.89. The molecule has 0 radical (unpaired) electrons. The zero-order valence-electron chi connectivity index (χ0n) is 13.6. The number of amides is 1. The molecule has 0 atom stereocenters. The van der Waals surface area contributed by atoms with Crippen LogP contribution in [-0.4, -0.2) is 30.6 Å². The molecule has 0 spiro atoms. The lowest BCUT2D eigenvalue weighted by atomic mass is 10.3. The Labute approximate surface area is 148 Å². The Kier molecular flexibility index (Phi) is 4.21. The largest absolute Gasteiger partial charge is 0.334 e. The van der Waals surface area contributed by atoms with Crippen LogP contribution in [0.3, 0.4) is 0 Å². The van der Waals surface area contributed by atoms with E-state index in [0.717, 1.165) is 11.3 Å². The Hall–Kier alpha value is -3.81. The number of nitrogens with one attached hydrogen (secondary N) is 1. The summed E-state index contributed by atoms with van der Waals surface area (Å²) in [5.41, 5.74) is 2.06. The van der Waals surface area contributed by atoms with Gasteiger partial charge in [-0.1, -0.05) is 23.4 Å². The van der Waals surface area contributed by atoms with Crippen LogP contribution < -0.4 is 5.32 Å². The third-order valence-electron chi connectivity index (χ3n) is 3.60. The minimum absolute atomic E-state index is 0.136. The molecule has 0 aliphatic rings. The fourth-order valence-corrected chi connectivity index (χ4v) is 2.39. The van der Waals surface area contributed by atoms with Gasteiger partial charge >= 0.3 is 0 Å². The number of anilines is 1. The Morgan fingerprint density at radius 2 is 1.92 bits per heavy atom. The summed E-state index contributed by atoms with van der Waals surface area (Å²) in [6.07, 6.45) is 6.56. The van der Waals surface area contributed by atoms with Crippen LogP contribution in [-0.2, 0) is 11.3 Å². The van der Waals surface area contributed by atoms with Crippen molar-refractivity contribution in [1.29, 1.82) is 0 Å². The molecule has 3 heterocycles. The molecular formula is C18H14N6O2. The lowest BCUT2D eigenvalue weighted by Gasteiger charge is -2.04. The van der Waals surface area contributed by atoms with Crippen LogP contribution in [0.2, 0.25) is 0 Å². The maximum absolute atomic E-state index is 12.1. The molecule has 4 aromatic rings. The second kappa shape index (κ2) is 6.98. The molecule has 8 nitrogen and oxygen atoms in total. The molecule has 1 N–H and O–H groups in total. The van der Waals surface area contributed by atoms with E-state index in [9.17, 15) is 4.79 Å². The molecular weight excluding hydrogens is 332 g/mol. The normalized spacial score (nSPS) is 10.6. The Bertz CT molecular complexity index is 1010. The highest BCUT2D eigenvalue weighted by atomic mass is 16.5. The summed E-state index contributed by atoms with van der Waals surface area (Å²) in [6, 6.07) is 12.8. The van der Waals surface area contributed by atoms with Gasteiger partial charge in [0, 0.05) is 29.8 Å². The third kappa shape index (κ3) is 3.48. The minimum Gasteiger partial charge on any atom is -0.334 e. The molecule has 0 aliphatic heterocycles. The summed E-state index contributed by atoms with van der Waals surface area (Å²) in [5.74, 6) is 0.600. The van der Waals surface area contributed by atoms with Gasteiger partial charge in [-0.3, -0.25) is 9.78 Å². The number of hydrogen-bond donors (Lipinski definition) is 1. The standard InChI is InChI=1S/C18H14N6O2/c25-16(21-14-4-2-1-3-5-14)11-24-10-15(20-12-24)17-22-18(26-23-17)13-6-8-19-9-7-13/h1-10,12H,11H2,(H,21,25). The number of hydrogen-bond acceptors (Lipinski definition) is 6. The fraction of sp³-hybridized carbons (Fsp3) is 0.0556. The minimum atomic E-state index is -0.147. The average Bonchev–Trinajstić information content (AvgIpc) is 3.32. The summed E-state index contributed by atoms with van der Waals surface area (Å²) < 4.78 is 6.92. The van der Waals surface area contributed by atoms with E-state index in [1.54, 1.807) is 41.6 Å². The SMILES string of the molecule is O=C(Cn1cnc(-c2noc(-c3ccncc3)n2)c1)Nc1ccccc1. The second-order valence-corrected chi connectivity index (χ2v) is 5.50. The quantitative estimate of drug-likeness (QED) is 0.596. The molecule has 0 aliphatic carbocycles. The number of pyridine rings is 1. The van der Waals surface area contributed by atoms with Crippen LogP contribution in [0.5, 0.6) is 0 Å². The van der Waals surface area contributed by atoms with Gasteiger partial charge in [-0.05, 0) is 24.3 Å². The van der Waals surface area contributed by atoms with E-state index < -0.39 is 0 Å². The molecule has 26 heavy (non-hydrogen) atoms. The topological polar surface area (TPSA) is 98.7 Å². The van der Waals surface area contributed by atoms with Crippen molar-refractivity contribution in [3.63, 3.8) is 0 Å². The van der Waals surface area contributed by atoms with E-state index in [0.29, 0.717) is 17.4 Å². The van der Waals surface area contributed by atoms with Crippen molar-refractivity contribution >= 4 is 11.6 Å². The summed E-state index contributed by atoms with van der Waals surface area (Å²) in [7, 11) is 0. The number of rotatable bonds is 5. The van der Waals surface area contributed by atoms with Gasteiger partial charge in [-0.25, -0.2) is 4.98 Å². The monoisotopic (exact) mass is 346 g/mol. The van der Waals surface area contributed by atoms with Crippen molar-refractivity contribution in [2.45, 2.75) is 6.54 Å². The van der Waals surface area contributed by atoms with E-state index in [-0.39, 0.29) is 12.5 Å². The van der Waals surface area contributed by atoms with Gasteiger partial charge in [0.1, 0.15) is 12.2 Å². The lowest BCUT2D eigenvalue weighted by molar-refractivity contribution is -0.116. The molecule has 8 heteroatoms. The van der Waals surface area contributed by atoms with Crippen LogP contribution in [0, 0.1) is 0 Å². The van der Waals surface area contributed by atoms with E-state index >= 15 is 0 Å². The number of carbonyl (C=O) groups is 1. The van der Waals surface area contributed by atoms with E-state index in [1.165, 1.54) is 0 Å². The fourth-order valence-electron chi connectivity index (χ4n) is 2.39. The van der Waals surface area contributed by atoms with Gasteiger partial charge < -0.3 is 14.4 Å². The van der Waals surface area contributed by atoms with Gasteiger partial charge in [0.25, 0.3) is 5.89 Å². The Morgan fingerprint density at radius 3 is 2.73 bits per heavy atom. The first-order chi connectivity index (χ1) is 12.8. The number of nitrogens with zero attached hydrogens (tertiary/aromatic N) is 5. The lowest BCUT2D eigenvalue weighted by Crippen LogP contribution is -2.17. The molecule has 0 saturated heterocycles. The molecule has 4 rings (SSSR count). The predicted octanol–water partition coefficient (Wildman–Crippen LogP) is 2.63. The average molecular weight is 346 g/mol. The number of carbonyl (C=O) groups excluding carboxylic acids is 1. The van der Waals surface area contributed by atoms with Crippen LogP contribution in [0.15, 0.2) is 71.9 Å². The smallest absolute Gasteiger partial charge is 0.258 e. The van der Waals surface area contributed by atoms with Gasteiger partial charge in [0.05, 0.1) is 6.33 Å². The molecule has 0 unspecified atom stereocenters. The maximum atomic E-state index is 12.1. The first-order valence-corrected chi connectivity index (χ1v) is 7.89. The maximum Gasteiger partial charge on any atom is 0.258 e. The number of imidazole rings is 1. The molecule has 0 fully saturated rings. The number of benzene rings is 1. The highest BCUT2D eigenvalue weighted by Gasteiger charge is 2.13. The second-order valence-electron chi connectivity index (χ2n) is 5.50. The van der Waals surface area contributed by atoms with Crippen molar-refractivity contribution in [3.8, 4) is 23.0 Å². The van der Waals surface area contributed by atoms with Crippen molar-refractivity contribution in [2.24, 2.45) is 0 Å². The van der Waals surface area contributed by atoms with E-state index in [4.69, 9.17) is 4.52 Å². The summed E-state index contributed by atoms with van der Waals surface area (Å²) in [5, 5.41) is 6.76. The van der Waals surface area contributed by atoms with Crippen LogP contribution in [0.25, 0.3) is 23.0 Å². The highest BCUT2D eigenvalue weighted by Crippen LogP contribution is 2.20. The predicted molar refractivity (Wildman–Crippen MR) is 93.8 cm³/mol. The number of para-hydroxylation sites is 1. The van der Waals surface area contributed by atoms with Crippen molar-refractivity contribution < 1.29 is 9.32 Å². The molecule has 3 aromatic heterocycles. The zero-order chi connectivity index (χ0) is 17.8. The summed E-state index contributed by atoms with van der Waals surface area (Å²) in [6.45, 7) is 0.136. The molecule has 128 valence electrons. The van der Waals surface area contributed by atoms with Gasteiger partial charge in [0.15, 0.2) is 0 Å². The molecule has 1 aromatic carbocycles. The number of aromatic nitrogens is 5. The van der Waals surface area contributed by atoms with Crippen LogP contribution in [0.1, 0.15) is 0 Å². The van der Waals surface area contributed by atoms with Crippen molar-refractivity contribution in [1.82, 2.24) is 24.7 Å². The van der Waals surface area contributed by atoms with E-state index in [1.807, 2.05) is 30.3 Å². The Morgan fingerprint density at radius 1 is 1.12 bits per heavy atom. The van der Waals surface area contributed by atoms with Gasteiger partial charge in [-0.15, -0.1) is 0 Å². The zero-order valence-corrected chi connectivity index (χ0v) is 13.6. The van der Waals surface area contributed by atoms with Crippen LogP contribution in [0.4, 0.5) is 5.69 Å².